The first-order valence-corrected chi connectivity index (χ1v) is 27.0. The number of hydrogen-bond donors (Lipinski definition) is 0. The van der Waals surface area contributed by atoms with Crippen LogP contribution in [-0.2, 0) is 16.2 Å². The topological polar surface area (TPSA) is 3.24 Å². The molecule has 0 N–H and O–H groups in total. The van der Waals surface area contributed by atoms with Crippen molar-refractivity contribution in [2.24, 2.45) is 0 Å². The van der Waals surface area contributed by atoms with Gasteiger partial charge in [-0.1, -0.05) is 267 Å². The van der Waals surface area contributed by atoms with Gasteiger partial charge in [-0.2, -0.15) is 0 Å². The summed E-state index contributed by atoms with van der Waals surface area (Å²) in [7, 11) is 0. The van der Waals surface area contributed by atoms with Crippen LogP contribution in [0.25, 0.3) is 44.5 Å². The lowest BCUT2D eigenvalue weighted by molar-refractivity contribution is 0.714. The average Bonchev–Trinajstić information content (AvgIpc) is 4.09. The number of nitrogens with zero attached hydrogens (tertiary/aromatic N) is 1. The molecule has 12 aromatic rings. The second kappa shape index (κ2) is 17.5. The van der Waals surface area contributed by atoms with Gasteiger partial charge >= 0.3 is 0 Å². The molecular weight excluding hydrogens is 927 g/mol. The van der Waals surface area contributed by atoms with Crippen LogP contribution < -0.4 is 4.90 Å². The highest BCUT2D eigenvalue weighted by Gasteiger charge is 2.48. The van der Waals surface area contributed by atoms with E-state index in [2.05, 4.69) is 315 Å². The van der Waals surface area contributed by atoms with Crippen LogP contribution in [0.3, 0.4) is 0 Å². The van der Waals surface area contributed by atoms with Gasteiger partial charge < -0.3 is 4.90 Å². The van der Waals surface area contributed by atoms with Crippen molar-refractivity contribution in [3.05, 3.63) is 365 Å². The number of anilines is 3. The van der Waals surface area contributed by atoms with Crippen molar-refractivity contribution in [1.29, 1.82) is 0 Å². The zero-order valence-electron chi connectivity index (χ0n) is 42.8. The maximum Gasteiger partial charge on any atom is 0.0714 e. The molecule has 0 aromatic heterocycles. The van der Waals surface area contributed by atoms with Gasteiger partial charge in [0.2, 0.25) is 0 Å². The van der Waals surface area contributed by atoms with E-state index in [4.69, 9.17) is 0 Å². The van der Waals surface area contributed by atoms with Crippen molar-refractivity contribution in [3.63, 3.8) is 0 Å². The standard InChI is InChI=1S/C76H53N/c1-74(54-24-7-2-8-25-54)66-37-20-19-36-65(66)73-69(74)40-23-41-72(73)77(60-47-49-64-62-35-18-22-39-68(62)76(71(64)51-60,57-30-13-5-14-31-57)58-32-15-6-16-33-58)59-45-42-52(43-46-59)53-44-48-63-61-34-17-21-38-67(61)75(70(63)50-53,55-26-9-3-10-27-55)56-28-11-4-12-29-56/h2-51H,1H3. The molecule has 0 saturated carbocycles. The highest BCUT2D eigenvalue weighted by Crippen LogP contribution is 2.61. The summed E-state index contributed by atoms with van der Waals surface area (Å²) in [4.78, 5) is 2.54. The van der Waals surface area contributed by atoms with Gasteiger partial charge in [0.25, 0.3) is 0 Å². The Labute approximate surface area is 451 Å². The average molecular weight is 980 g/mol. The quantitative estimate of drug-likeness (QED) is 0.139. The first-order chi connectivity index (χ1) is 38.1. The smallest absolute Gasteiger partial charge is 0.0714 e. The SMILES string of the molecule is CC1(c2ccccc2)c2ccccc2-c2c(N(c3ccc(-c4ccc5c(c4)C(c4ccccc4)(c4ccccc4)c4ccccc4-5)cc3)c3ccc4c(c3)C(c3ccccc3)(c3ccccc3)c3ccccc3-4)cccc21. The van der Waals surface area contributed by atoms with Crippen LogP contribution in [0.1, 0.15) is 68.1 Å². The number of hydrogen-bond acceptors (Lipinski definition) is 1. The number of rotatable bonds is 9. The van der Waals surface area contributed by atoms with E-state index in [0.717, 1.165) is 17.1 Å². The molecule has 0 heterocycles. The van der Waals surface area contributed by atoms with Gasteiger partial charge in [0, 0.05) is 22.4 Å². The fraction of sp³-hybridized carbons (Fsp3) is 0.0526. The molecule has 3 aliphatic carbocycles. The minimum atomic E-state index is -0.556. The van der Waals surface area contributed by atoms with Crippen molar-refractivity contribution < 1.29 is 0 Å². The second-order valence-corrected chi connectivity index (χ2v) is 21.2. The molecule has 0 aliphatic heterocycles. The maximum absolute atomic E-state index is 2.54. The lowest BCUT2D eigenvalue weighted by atomic mass is 9.67. The van der Waals surface area contributed by atoms with E-state index >= 15 is 0 Å². The summed E-state index contributed by atoms with van der Waals surface area (Å²) in [5, 5.41) is 0. The predicted molar refractivity (Wildman–Crippen MR) is 319 cm³/mol. The monoisotopic (exact) mass is 979 g/mol. The van der Waals surface area contributed by atoms with Gasteiger partial charge in [0.1, 0.15) is 0 Å². The van der Waals surface area contributed by atoms with Gasteiger partial charge in [0.15, 0.2) is 0 Å². The molecule has 0 amide bonds. The molecule has 0 saturated heterocycles. The molecule has 1 heteroatoms. The van der Waals surface area contributed by atoms with Crippen molar-refractivity contribution in [2.75, 3.05) is 4.90 Å². The molecule has 0 spiro atoms. The largest absolute Gasteiger partial charge is 0.310 e. The lowest BCUT2D eigenvalue weighted by Crippen LogP contribution is -2.28. The minimum Gasteiger partial charge on any atom is -0.310 e. The van der Waals surface area contributed by atoms with Crippen molar-refractivity contribution in [3.8, 4) is 44.5 Å². The van der Waals surface area contributed by atoms with Crippen LogP contribution in [0.2, 0.25) is 0 Å². The van der Waals surface area contributed by atoms with Gasteiger partial charge in [-0.15, -0.1) is 0 Å². The third kappa shape index (κ3) is 6.41. The van der Waals surface area contributed by atoms with E-state index < -0.39 is 10.8 Å². The molecule has 1 unspecified atom stereocenters. The van der Waals surface area contributed by atoms with E-state index in [1.807, 2.05) is 0 Å². The van der Waals surface area contributed by atoms with Crippen molar-refractivity contribution in [1.82, 2.24) is 0 Å². The van der Waals surface area contributed by atoms with E-state index in [0.29, 0.717) is 0 Å². The fourth-order valence-electron chi connectivity index (χ4n) is 14.2. The third-order valence-electron chi connectivity index (χ3n) is 17.5. The molecule has 362 valence electrons. The molecule has 1 nitrogen and oxygen atoms in total. The van der Waals surface area contributed by atoms with Gasteiger partial charge in [-0.25, -0.2) is 0 Å². The molecule has 15 rings (SSSR count). The summed E-state index contributed by atoms with van der Waals surface area (Å²) in [5.41, 5.74) is 26.0. The maximum atomic E-state index is 2.54. The third-order valence-corrected chi connectivity index (χ3v) is 17.5. The molecular formula is C76H53N. The Morgan fingerprint density at radius 2 is 0.623 bits per heavy atom. The zero-order chi connectivity index (χ0) is 51.1. The Kier molecular flexibility index (Phi) is 10.2. The molecule has 3 aliphatic rings. The van der Waals surface area contributed by atoms with Crippen molar-refractivity contribution >= 4 is 17.1 Å². The van der Waals surface area contributed by atoms with Crippen LogP contribution >= 0.6 is 0 Å². The van der Waals surface area contributed by atoms with E-state index in [9.17, 15) is 0 Å². The Hall–Kier alpha value is -9.56. The van der Waals surface area contributed by atoms with Crippen LogP contribution in [-0.4, -0.2) is 0 Å². The Balaban J connectivity index is 0.949. The van der Waals surface area contributed by atoms with Crippen LogP contribution in [0.5, 0.6) is 0 Å². The number of benzene rings is 12. The van der Waals surface area contributed by atoms with Gasteiger partial charge in [-0.3, -0.25) is 0 Å². The predicted octanol–water partition coefficient (Wildman–Crippen LogP) is 18.9. The highest BCUT2D eigenvalue weighted by atomic mass is 15.1. The van der Waals surface area contributed by atoms with E-state index in [1.54, 1.807) is 0 Å². The molecule has 1 atom stereocenters. The summed E-state index contributed by atoms with van der Waals surface area (Å²) in [6.45, 7) is 2.41. The molecule has 0 fully saturated rings. The summed E-state index contributed by atoms with van der Waals surface area (Å²) in [6.07, 6.45) is 0. The summed E-state index contributed by atoms with van der Waals surface area (Å²) in [6, 6.07) is 113. The molecule has 77 heavy (non-hydrogen) atoms. The number of fused-ring (bicyclic) bond motifs is 9. The Morgan fingerprint density at radius 1 is 0.247 bits per heavy atom. The summed E-state index contributed by atoms with van der Waals surface area (Å²) < 4.78 is 0. The highest BCUT2D eigenvalue weighted by molar-refractivity contribution is 5.98. The first-order valence-electron chi connectivity index (χ1n) is 27.0. The van der Waals surface area contributed by atoms with Crippen LogP contribution in [0, 0.1) is 0 Å². The Bertz CT molecular complexity index is 4120. The first kappa shape index (κ1) is 44.9. The molecule has 0 bridgehead atoms. The zero-order valence-corrected chi connectivity index (χ0v) is 42.8. The fourth-order valence-corrected chi connectivity index (χ4v) is 14.2. The van der Waals surface area contributed by atoms with Crippen molar-refractivity contribution in [2.45, 2.75) is 23.2 Å². The summed E-state index contributed by atoms with van der Waals surface area (Å²) >= 11 is 0. The second-order valence-electron chi connectivity index (χ2n) is 21.2. The van der Waals surface area contributed by atoms with E-state index in [1.165, 1.54) is 106 Å². The van der Waals surface area contributed by atoms with Gasteiger partial charge in [0.05, 0.1) is 16.5 Å². The van der Waals surface area contributed by atoms with Crippen LogP contribution in [0.15, 0.2) is 303 Å². The lowest BCUT2D eigenvalue weighted by Gasteiger charge is -2.35. The minimum absolute atomic E-state index is 0.365. The van der Waals surface area contributed by atoms with E-state index in [-0.39, 0.29) is 5.41 Å². The molecule has 12 aromatic carbocycles. The van der Waals surface area contributed by atoms with Crippen LogP contribution in [0.4, 0.5) is 17.1 Å². The normalized spacial score (nSPS) is 15.6. The molecule has 0 radical (unpaired) electrons. The van der Waals surface area contributed by atoms with Gasteiger partial charge in [-0.05, 0) is 143 Å². The Morgan fingerprint density at radius 3 is 1.14 bits per heavy atom. The summed E-state index contributed by atoms with van der Waals surface area (Å²) in [5.74, 6) is 0.